The van der Waals surface area contributed by atoms with Crippen molar-refractivity contribution >= 4 is 54.4 Å². The van der Waals surface area contributed by atoms with Gasteiger partial charge in [0.2, 0.25) is 0 Å². The molecule has 7 aromatic carbocycles. The lowest BCUT2D eigenvalue weighted by Gasteiger charge is -2.12. The molecule has 196 valence electrons. The molecule has 0 saturated carbocycles. The summed E-state index contributed by atoms with van der Waals surface area (Å²) >= 11 is 0. The quantitative estimate of drug-likeness (QED) is 0.206. The second-order valence-electron chi connectivity index (χ2n) is 10.9. The molecule has 2 aromatic heterocycles. The van der Waals surface area contributed by atoms with Crippen LogP contribution in [0.1, 0.15) is 0 Å². The van der Waals surface area contributed by atoms with Crippen LogP contribution in [0.5, 0.6) is 0 Å². The molecule has 42 heavy (non-hydrogen) atoms. The third-order valence-corrected chi connectivity index (χ3v) is 8.50. The zero-order chi connectivity index (χ0) is 27.6. The van der Waals surface area contributed by atoms with Crippen molar-refractivity contribution in [3.8, 4) is 22.8 Å². The molecule has 0 spiro atoms. The lowest BCUT2D eigenvalue weighted by molar-refractivity contribution is 1.10. The van der Waals surface area contributed by atoms with Crippen LogP contribution in [0.4, 0.5) is 0 Å². The van der Waals surface area contributed by atoms with E-state index in [2.05, 4.69) is 155 Å². The van der Waals surface area contributed by atoms with Crippen LogP contribution in [0, 0.1) is 0 Å². The maximum atomic E-state index is 5.07. The van der Waals surface area contributed by atoms with E-state index in [-0.39, 0.29) is 0 Å². The topological polar surface area (TPSA) is 22.8 Å². The number of benzene rings is 7. The summed E-state index contributed by atoms with van der Waals surface area (Å²) in [5.74, 6) is 0.939. The Morgan fingerprint density at radius 3 is 1.90 bits per heavy atom. The summed E-state index contributed by atoms with van der Waals surface area (Å²) in [4.78, 5) is 5.07. The molecule has 0 saturated heterocycles. The number of para-hydroxylation sites is 4. The highest BCUT2D eigenvalue weighted by atomic mass is 15.1. The first-order valence-corrected chi connectivity index (χ1v) is 14.3. The van der Waals surface area contributed by atoms with Gasteiger partial charge in [-0.3, -0.25) is 4.57 Å². The molecule has 0 bridgehead atoms. The maximum Gasteiger partial charge on any atom is 0.145 e. The Morgan fingerprint density at radius 1 is 0.381 bits per heavy atom. The van der Waals surface area contributed by atoms with Crippen molar-refractivity contribution < 1.29 is 0 Å². The third-order valence-electron chi connectivity index (χ3n) is 8.50. The van der Waals surface area contributed by atoms with Crippen LogP contribution in [0.15, 0.2) is 152 Å². The van der Waals surface area contributed by atoms with Crippen LogP contribution in [0.25, 0.3) is 77.1 Å². The first-order valence-electron chi connectivity index (χ1n) is 14.3. The first-order chi connectivity index (χ1) is 20.8. The molecule has 0 radical (unpaired) electrons. The monoisotopic (exact) mass is 535 g/mol. The van der Waals surface area contributed by atoms with Crippen molar-refractivity contribution in [3.05, 3.63) is 152 Å². The summed E-state index contributed by atoms with van der Waals surface area (Å²) in [5.41, 5.74) is 7.82. The van der Waals surface area contributed by atoms with E-state index in [1.54, 1.807) is 0 Å². The average Bonchev–Trinajstić information content (AvgIpc) is 3.60. The van der Waals surface area contributed by atoms with Gasteiger partial charge in [-0.15, -0.1) is 0 Å². The number of rotatable bonds is 3. The van der Waals surface area contributed by atoms with Crippen molar-refractivity contribution in [3.63, 3.8) is 0 Å². The Kier molecular flexibility index (Phi) is 4.90. The summed E-state index contributed by atoms with van der Waals surface area (Å²) in [6.45, 7) is 0. The minimum Gasteiger partial charge on any atom is -0.309 e. The molecule has 0 fully saturated rings. The Hall–Kier alpha value is -5.67. The van der Waals surface area contributed by atoms with Gasteiger partial charge in [0.05, 0.1) is 22.1 Å². The zero-order valence-corrected chi connectivity index (χ0v) is 22.8. The molecule has 0 atom stereocenters. The fraction of sp³-hybridized carbons (Fsp3) is 0. The van der Waals surface area contributed by atoms with Gasteiger partial charge in [-0.2, -0.15) is 0 Å². The van der Waals surface area contributed by atoms with Crippen molar-refractivity contribution in [2.75, 3.05) is 0 Å². The first kappa shape index (κ1) is 23.1. The molecule has 3 nitrogen and oxygen atoms in total. The third kappa shape index (κ3) is 3.37. The second kappa shape index (κ2) is 8.92. The maximum absolute atomic E-state index is 5.07. The Labute approximate surface area is 242 Å². The second-order valence-corrected chi connectivity index (χ2v) is 10.9. The predicted molar refractivity (Wildman–Crippen MR) is 176 cm³/mol. The summed E-state index contributed by atoms with van der Waals surface area (Å²) in [7, 11) is 0. The molecule has 0 aliphatic carbocycles. The zero-order valence-electron chi connectivity index (χ0n) is 22.8. The number of imidazole rings is 1. The Morgan fingerprint density at radius 2 is 1.05 bits per heavy atom. The lowest BCUT2D eigenvalue weighted by Crippen LogP contribution is -1.98. The molecule has 9 rings (SSSR count). The van der Waals surface area contributed by atoms with Crippen molar-refractivity contribution in [2.24, 2.45) is 0 Å². The van der Waals surface area contributed by atoms with Gasteiger partial charge in [0.25, 0.3) is 0 Å². The van der Waals surface area contributed by atoms with Gasteiger partial charge in [-0.1, -0.05) is 84.9 Å². The predicted octanol–water partition coefficient (Wildman–Crippen LogP) is 10.1. The molecular formula is C39H25N3. The van der Waals surface area contributed by atoms with Crippen molar-refractivity contribution in [1.82, 2.24) is 14.1 Å². The highest BCUT2D eigenvalue weighted by Gasteiger charge is 2.17. The van der Waals surface area contributed by atoms with Gasteiger partial charge in [0.15, 0.2) is 0 Å². The minimum atomic E-state index is 0.939. The van der Waals surface area contributed by atoms with Crippen LogP contribution in [0.2, 0.25) is 0 Å². The average molecular weight is 536 g/mol. The van der Waals surface area contributed by atoms with E-state index >= 15 is 0 Å². The minimum absolute atomic E-state index is 0.939. The number of aromatic nitrogens is 3. The summed E-state index contributed by atoms with van der Waals surface area (Å²) in [6, 6.07) is 54.2. The standard InChI is InChI=1S/C39H25N3/c1-2-11-29(12-3-1)42-37-17-9-7-15-35(37)40-39(42)27-20-22-30(23-21-27)41-36-16-8-6-14-32(36)34-24-28-19-18-26-10-4-5-13-31(26)33(28)25-38(34)41/h1-25H. The molecule has 9 aromatic rings. The molecule has 0 unspecified atom stereocenters. The molecule has 0 amide bonds. The van der Waals surface area contributed by atoms with E-state index in [1.165, 1.54) is 43.4 Å². The molecule has 2 heterocycles. The number of hydrogen-bond acceptors (Lipinski definition) is 1. The lowest BCUT2D eigenvalue weighted by atomic mass is 10.00. The molecule has 0 N–H and O–H groups in total. The van der Waals surface area contributed by atoms with Crippen molar-refractivity contribution in [1.29, 1.82) is 0 Å². The molecule has 3 heteroatoms. The van der Waals surface area contributed by atoms with E-state index in [1.807, 2.05) is 6.07 Å². The smallest absolute Gasteiger partial charge is 0.145 e. The number of fused-ring (bicyclic) bond motifs is 7. The summed E-state index contributed by atoms with van der Waals surface area (Å²) in [6.07, 6.45) is 0. The molecular weight excluding hydrogens is 510 g/mol. The van der Waals surface area contributed by atoms with Gasteiger partial charge >= 0.3 is 0 Å². The van der Waals surface area contributed by atoms with Gasteiger partial charge < -0.3 is 4.57 Å². The van der Waals surface area contributed by atoms with Crippen LogP contribution in [-0.2, 0) is 0 Å². The van der Waals surface area contributed by atoms with Crippen molar-refractivity contribution in [2.45, 2.75) is 0 Å². The molecule has 0 aliphatic heterocycles. The summed E-state index contributed by atoms with van der Waals surface area (Å²) in [5, 5.41) is 7.61. The van der Waals surface area contributed by atoms with Crippen LogP contribution >= 0.6 is 0 Å². The highest BCUT2D eigenvalue weighted by molar-refractivity contribution is 6.18. The number of hydrogen-bond donors (Lipinski definition) is 0. The highest BCUT2D eigenvalue weighted by Crippen LogP contribution is 2.37. The fourth-order valence-electron chi connectivity index (χ4n) is 6.57. The Balaban J connectivity index is 1.27. The van der Waals surface area contributed by atoms with E-state index in [4.69, 9.17) is 4.98 Å². The van der Waals surface area contributed by atoms with Crippen LogP contribution in [-0.4, -0.2) is 14.1 Å². The molecule has 0 aliphatic rings. The van der Waals surface area contributed by atoms with E-state index in [0.29, 0.717) is 0 Å². The summed E-state index contributed by atoms with van der Waals surface area (Å²) < 4.78 is 4.65. The van der Waals surface area contributed by atoms with E-state index < -0.39 is 0 Å². The van der Waals surface area contributed by atoms with Gasteiger partial charge in [-0.25, -0.2) is 4.98 Å². The normalized spacial score (nSPS) is 11.8. The fourth-order valence-corrected chi connectivity index (χ4v) is 6.57. The number of nitrogens with zero attached hydrogens (tertiary/aromatic N) is 3. The van der Waals surface area contributed by atoms with Gasteiger partial charge in [0, 0.05) is 27.7 Å². The van der Waals surface area contributed by atoms with E-state index in [0.717, 1.165) is 33.8 Å². The van der Waals surface area contributed by atoms with Gasteiger partial charge in [0.1, 0.15) is 5.82 Å². The Bertz CT molecular complexity index is 2450. The van der Waals surface area contributed by atoms with E-state index in [9.17, 15) is 0 Å². The van der Waals surface area contributed by atoms with Crippen LogP contribution in [0.3, 0.4) is 0 Å². The SMILES string of the molecule is c1ccc(-n2c(-c3ccc(-n4c5ccccc5c5cc6ccc7ccccc7c6cc54)cc3)nc3ccccc32)cc1. The van der Waals surface area contributed by atoms with Crippen LogP contribution < -0.4 is 0 Å². The largest absolute Gasteiger partial charge is 0.309 e. The van der Waals surface area contributed by atoms with Gasteiger partial charge in [-0.05, 0) is 88.3 Å².